The van der Waals surface area contributed by atoms with Gasteiger partial charge in [0.05, 0.1) is 24.7 Å². The average molecular weight is 408 g/mol. The Morgan fingerprint density at radius 3 is 2.60 bits per heavy atom. The Morgan fingerprint density at radius 2 is 1.83 bits per heavy atom. The molecule has 7 heteroatoms. The molecular formula is C23H31N6O+. The van der Waals surface area contributed by atoms with Gasteiger partial charge in [-0.05, 0) is 79.5 Å². The number of benzene rings is 1. The zero-order valence-corrected chi connectivity index (χ0v) is 17.7. The van der Waals surface area contributed by atoms with Gasteiger partial charge in [0, 0.05) is 5.52 Å². The number of hydrogen-bond donors (Lipinski definition) is 2. The number of likely N-dealkylation sites (tertiary alicyclic amines) is 1. The maximum absolute atomic E-state index is 13.3. The maximum atomic E-state index is 13.3. The van der Waals surface area contributed by atoms with Gasteiger partial charge in [-0.2, -0.15) is 0 Å². The van der Waals surface area contributed by atoms with Crippen molar-refractivity contribution in [3.8, 4) is 0 Å². The highest BCUT2D eigenvalue weighted by Crippen LogP contribution is 2.31. The van der Waals surface area contributed by atoms with Gasteiger partial charge in [-0.1, -0.05) is 24.5 Å². The third-order valence-electron chi connectivity index (χ3n) is 6.94. The molecule has 7 nitrogen and oxygen atoms in total. The van der Waals surface area contributed by atoms with E-state index in [0.717, 1.165) is 48.2 Å². The van der Waals surface area contributed by atoms with E-state index in [0.29, 0.717) is 6.04 Å². The van der Waals surface area contributed by atoms with Gasteiger partial charge < -0.3 is 9.88 Å². The number of fused-ring (bicyclic) bond motifs is 1. The molecule has 2 aliphatic rings. The Morgan fingerprint density at radius 1 is 1.07 bits per heavy atom. The largest absolute Gasteiger partial charge is 0.322 e. The van der Waals surface area contributed by atoms with E-state index >= 15 is 0 Å². The van der Waals surface area contributed by atoms with Crippen LogP contribution in [0.1, 0.15) is 80.4 Å². The van der Waals surface area contributed by atoms with E-state index in [-0.39, 0.29) is 11.6 Å². The van der Waals surface area contributed by atoms with Gasteiger partial charge >= 0.3 is 0 Å². The summed E-state index contributed by atoms with van der Waals surface area (Å²) in [5.41, 5.74) is 2.84. The molecular weight excluding hydrogens is 376 g/mol. The summed E-state index contributed by atoms with van der Waals surface area (Å²) in [7, 11) is 0. The number of aromatic amines is 1. The second-order valence-electron chi connectivity index (χ2n) is 9.07. The van der Waals surface area contributed by atoms with Crippen molar-refractivity contribution >= 4 is 10.9 Å². The van der Waals surface area contributed by atoms with E-state index in [1.54, 1.807) is 0 Å². The van der Waals surface area contributed by atoms with E-state index in [4.69, 9.17) is 0 Å². The summed E-state index contributed by atoms with van der Waals surface area (Å²) in [6.45, 7) is 4.18. The topological polar surface area (TPSA) is 80.9 Å². The fraction of sp³-hybridized carbons (Fsp3) is 0.565. The highest BCUT2D eigenvalue weighted by atomic mass is 16.1. The van der Waals surface area contributed by atoms with Crippen LogP contribution in [0, 0.1) is 6.92 Å². The van der Waals surface area contributed by atoms with Crippen molar-refractivity contribution in [1.29, 1.82) is 0 Å². The Bertz CT molecular complexity index is 1070. The second-order valence-corrected chi connectivity index (χ2v) is 9.07. The molecule has 2 aromatic heterocycles. The first-order valence-corrected chi connectivity index (χ1v) is 11.5. The summed E-state index contributed by atoms with van der Waals surface area (Å²) in [6, 6.07) is 8.47. The first-order chi connectivity index (χ1) is 14.7. The van der Waals surface area contributed by atoms with E-state index in [1.165, 1.54) is 49.0 Å². The number of quaternary nitrogens is 1. The van der Waals surface area contributed by atoms with Crippen LogP contribution < -0.4 is 10.5 Å². The smallest absolute Gasteiger partial charge is 0.258 e. The molecule has 3 aromatic rings. The molecule has 5 rings (SSSR count). The number of pyridine rings is 1. The van der Waals surface area contributed by atoms with Crippen molar-refractivity contribution in [2.45, 2.75) is 70.4 Å². The maximum Gasteiger partial charge on any atom is 0.258 e. The molecule has 0 radical (unpaired) electrons. The first-order valence-electron chi connectivity index (χ1n) is 11.5. The Balaban J connectivity index is 1.65. The normalized spacial score (nSPS) is 19.9. The summed E-state index contributed by atoms with van der Waals surface area (Å²) >= 11 is 0. The number of rotatable bonds is 4. The highest BCUT2D eigenvalue weighted by Gasteiger charge is 2.36. The Labute approximate surface area is 176 Å². The minimum absolute atomic E-state index is 0.0194. The van der Waals surface area contributed by atoms with Crippen LogP contribution in [-0.2, 0) is 0 Å². The molecule has 1 saturated carbocycles. The summed E-state index contributed by atoms with van der Waals surface area (Å²) in [5, 5.41) is 14.1. The Kier molecular flexibility index (Phi) is 5.37. The number of aryl methyl sites for hydroxylation is 1. The van der Waals surface area contributed by atoms with Crippen LogP contribution in [0.3, 0.4) is 0 Å². The summed E-state index contributed by atoms with van der Waals surface area (Å²) in [4.78, 5) is 17.8. The molecule has 2 N–H and O–H groups in total. The molecule has 0 bridgehead atoms. The van der Waals surface area contributed by atoms with Gasteiger partial charge in [-0.25, -0.2) is 4.68 Å². The highest BCUT2D eigenvalue weighted by molar-refractivity contribution is 5.79. The van der Waals surface area contributed by atoms with E-state index < -0.39 is 0 Å². The second kappa shape index (κ2) is 8.30. The molecule has 0 spiro atoms. The SMILES string of the molecule is Cc1ccc2[nH]c(=O)c([C@@H](c3nnnn3C3CCCC3)[NH+]3CCCCCC3)cc2c1. The number of nitrogens with zero attached hydrogens (tertiary/aromatic N) is 4. The van der Waals surface area contributed by atoms with Crippen molar-refractivity contribution in [3.05, 3.63) is 51.6 Å². The van der Waals surface area contributed by atoms with Crippen molar-refractivity contribution in [2.75, 3.05) is 13.1 Å². The van der Waals surface area contributed by atoms with Crippen molar-refractivity contribution in [3.63, 3.8) is 0 Å². The van der Waals surface area contributed by atoms with Crippen molar-refractivity contribution < 1.29 is 4.90 Å². The standard InChI is InChI=1S/C23H30N6O/c1-16-10-11-20-17(14-16)15-19(23(30)24-20)21(28-12-6-2-3-7-13-28)22-25-26-27-29(22)18-8-4-5-9-18/h10-11,14-15,18,21H,2-9,12-13H2,1H3,(H,24,30)/p+1/t21-/m0/s1. The molecule has 158 valence electrons. The molecule has 0 unspecified atom stereocenters. The van der Waals surface area contributed by atoms with Crippen LogP contribution >= 0.6 is 0 Å². The van der Waals surface area contributed by atoms with Gasteiger partial charge in [0.2, 0.25) is 5.82 Å². The zero-order chi connectivity index (χ0) is 20.5. The predicted octanol–water partition coefficient (Wildman–Crippen LogP) is 2.49. The van der Waals surface area contributed by atoms with Crippen molar-refractivity contribution in [1.82, 2.24) is 25.2 Å². The minimum atomic E-state index is -0.132. The third-order valence-corrected chi connectivity index (χ3v) is 6.94. The van der Waals surface area contributed by atoms with Gasteiger partial charge in [-0.3, -0.25) is 4.79 Å². The lowest BCUT2D eigenvalue weighted by atomic mass is 10.0. The lowest BCUT2D eigenvalue weighted by Crippen LogP contribution is -3.12. The average Bonchev–Trinajstić information content (AvgIpc) is 3.36. The van der Waals surface area contributed by atoms with Crippen LogP contribution in [0.15, 0.2) is 29.1 Å². The summed E-state index contributed by atoms with van der Waals surface area (Å²) < 4.78 is 2.04. The number of nitrogens with one attached hydrogen (secondary N) is 2. The first kappa shape index (κ1) is 19.4. The zero-order valence-electron chi connectivity index (χ0n) is 17.7. The molecule has 1 aliphatic carbocycles. The lowest BCUT2D eigenvalue weighted by molar-refractivity contribution is -0.925. The predicted molar refractivity (Wildman–Crippen MR) is 116 cm³/mol. The lowest BCUT2D eigenvalue weighted by Gasteiger charge is -2.27. The molecule has 1 atom stereocenters. The van der Waals surface area contributed by atoms with E-state index in [9.17, 15) is 4.79 Å². The third kappa shape index (κ3) is 3.67. The van der Waals surface area contributed by atoms with Crippen LogP contribution in [0.2, 0.25) is 0 Å². The van der Waals surface area contributed by atoms with Crippen molar-refractivity contribution in [2.24, 2.45) is 0 Å². The monoisotopic (exact) mass is 407 g/mol. The quantitative estimate of drug-likeness (QED) is 0.696. The van der Waals surface area contributed by atoms with E-state index in [1.807, 2.05) is 16.8 Å². The number of H-pyrrole nitrogens is 1. The van der Waals surface area contributed by atoms with Gasteiger partial charge in [0.1, 0.15) is 0 Å². The van der Waals surface area contributed by atoms with Crippen LogP contribution in [-0.4, -0.2) is 38.3 Å². The molecule has 2 fully saturated rings. The van der Waals surface area contributed by atoms with E-state index in [2.05, 4.69) is 39.6 Å². The fourth-order valence-electron chi connectivity index (χ4n) is 5.37. The van der Waals surface area contributed by atoms with Crippen LogP contribution in [0.5, 0.6) is 0 Å². The number of tetrazole rings is 1. The van der Waals surface area contributed by atoms with Crippen LogP contribution in [0.25, 0.3) is 10.9 Å². The number of hydrogen-bond acceptors (Lipinski definition) is 4. The molecule has 3 heterocycles. The fourth-order valence-corrected chi connectivity index (χ4v) is 5.37. The summed E-state index contributed by atoms with van der Waals surface area (Å²) in [6.07, 6.45) is 9.57. The van der Waals surface area contributed by atoms with Gasteiger partial charge in [0.15, 0.2) is 6.04 Å². The minimum Gasteiger partial charge on any atom is -0.322 e. The molecule has 1 saturated heterocycles. The molecule has 0 amide bonds. The summed E-state index contributed by atoms with van der Waals surface area (Å²) in [5.74, 6) is 0.858. The van der Waals surface area contributed by atoms with Crippen LogP contribution in [0.4, 0.5) is 0 Å². The molecule has 1 aromatic carbocycles. The Hall–Kier alpha value is -2.54. The molecule has 1 aliphatic heterocycles. The molecule has 30 heavy (non-hydrogen) atoms. The van der Waals surface area contributed by atoms with Gasteiger partial charge in [0.25, 0.3) is 5.56 Å². The number of aromatic nitrogens is 5. The van der Waals surface area contributed by atoms with Gasteiger partial charge in [-0.15, -0.1) is 5.10 Å².